The lowest BCUT2D eigenvalue weighted by Crippen LogP contribution is -2.44. The fraction of sp³-hybridized carbons (Fsp3) is 0.538. The Bertz CT molecular complexity index is 944. The molecule has 2 atom stereocenters. The summed E-state index contributed by atoms with van der Waals surface area (Å²) in [6, 6.07) is 18.5. The summed E-state index contributed by atoms with van der Waals surface area (Å²) in [6.45, 7) is 7.24. The zero-order valence-corrected chi connectivity index (χ0v) is 19.4. The highest BCUT2D eigenvalue weighted by molar-refractivity contribution is 7.89. The third kappa shape index (κ3) is 4.22. The van der Waals surface area contributed by atoms with Gasteiger partial charge in [-0.05, 0) is 73.5 Å². The standard InChI is InChI=1S/C26H35NO2S/c1-20-15-17-26(3,18-16-20)24-12-10-22(11-13-24)19-27-21(2)9-14-25(30(27,28)29)23-7-5-4-6-8-23/h4-8,10-13,20-21,25H,9,14-19H2,1-3H3/t20?,21-,25?,26?/m0/s1. The molecule has 2 aliphatic rings. The van der Waals surface area contributed by atoms with Crippen molar-refractivity contribution in [3.05, 3.63) is 71.3 Å². The van der Waals surface area contributed by atoms with Crippen molar-refractivity contribution in [3.8, 4) is 0 Å². The summed E-state index contributed by atoms with van der Waals surface area (Å²) >= 11 is 0. The molecule has 1 aliphatic heterocycles. The fourth-order valence-corrected chi connectivity index (χ4v) is 7.43. The lowest BCUT2D eigenvalue weighted by molar-refractivity contribution is 0.260. The van der Waals surface area contributed by atoms with Crippen molar-refractivity contribution in [2.45, 2.75) is 82.5 Å². The van der Waals surface area contributed by atoms with E-state index in [-0.39, 0.29) is 11.5 Å². The van der Waals surface area contributed by atoms with E-state index >= 15 is 0 Å². The summed E-state index contributed by atoms with van der Waals surface area (Å²) in [5.74, 6) is 0.834. The van der Waals surface area contributed by atoms with Crippen molar-refractivity contribution in [1.29, 1.82) is 0 Å². The molecule has 2 aromatic carbocycles. The van der Waals surface area contributed by atoms with Crippen molar-refractivity contribution in [2.75, 3.05) is 0 Å². The number of hydrogen-bond donors (Lipinski definition) is 0. The first-order valence-electron chi connectivity index (χ1n) is 11.4. The van der Waals surface area contributed by atoms with Crippen LogP contribution >= 0.6 is 0 Å². The highest BCUT2D eigenvalue weighted by Crippen LogP contribution is 2.42. The van der Waals surface area contributed by atoms with E-state index in [1.54, 1.807) is 4.31 Å². The number of hydrogen-bond acceptors (Lipinski definition) is 2. The van der Waals surface area contributed by atoms with Crippen LogP contribution in [0.4, 0.5) is 0 Å². The van der Waals surface area contributed by atoms with E-state index in [0.717, 1.165) is 23.5 Å². The summed E-state index contributed by atoms with van der Waals surface area (Å²) in [5.41, 5.74) is 3.64. The molecule has 0 spiro atoms. The molecule has 0 aromatic heterocycles. The Morgan fingerprint density at radius 2 is 1.53 bits per heavy atom. The van der Waals surface area contributed by atoms with Gasteiger partial charge < -0.3 is 0 Å². The molecule has 0 N–H and O–H groups in total. The van der Waals surface area contributed by atoms with Gasteiger partial charge in [0.25, 0.3) is 0 Å². The minimum Gasteiger partial charge on any atom is -0.212 e. The zero-order chi connectivity index (χ0) is 21.4. The molecule has 4 rings (SSSR count). The van der Waals surface area contributed by atoms with Crippen LogP contribution in [0.25, 0.3) is 0 Å². The highest BCUT2D eigenvalue weighted by Gasteiger charge is 2.40. The SMILES string of the molecule is CC1CCC(C)(c2ccc(CN3[C@@H](C)CCC(c4ccccc4)S3(=O)=O)cc2)CC1. The summed E-state index contributed by atoms with van der Waals surface area (Å²) in [4.78, 5) is 0. The Morgan fingerprint density at radius 1 is 0.900 bits per heavy atom. The van der Waals surface area contributed by atoms with Gasteiger partial charge in [0.2, 0.25) is 10.0 Å². The molecular formula is C26H35NO2S. The van der Waals surface area contributed by atoms with E-state index in [1.807, 2.05) is 37.3 Å². The largest absolute Gasteiger partial charge is 0.221 e. The lowest BCUT2D eigenvalue weighted by Gasteiger charge is -2.38. The number of nitrogens with zero attached hydrogens (tertiary/aromatic N) is 1. The maximum absolute atomic E-state index is 13.5. The third-order valence-corrected chi connectivity index (χ3v) is 9.93. The van der Waals surface area contributed by atoms with Crippen LogP contribution in [0.2, 0.25) is 0 Å². The van der Waals surface area contributed by atoms with E-state index in [0.29, 0.717) is 13.0 Å². The van der Waals surface area contributed by atoms with Crippen molar-refractivity contribution in [1.82, 2.24) is 4.31 Å². The molecule has 1 saturated heterocycles. The van der Waals surface area contributed by atoms with Gasteiger partial charge in [-0.1, -0.05) is 68.4 Å². The van der Waals surface area contributed by atoms with Crippen molar-refractivity contribution >= 4 is 10.0 Å². The smallest absolute Gasteiger partial charge is 0.212 e. The maximum Gasteiger partial charge on any atom is 0.221 e. The van der Waals surface area contributed by atoms with Gasteiger partial charge in [-0.15, -0.1) is 0 Å². The minimum absolute atomic E-state index is 0.0342. The molecule has 1 aliphatic carbocycles. The highest BCUT2D eigenvalue weighted by atomic mass is 32.2. The number of sulfonamides is 1. The summed E-state index contributed by atoms with van der Waals surface area (Å²) in [5, 5.41) is -0.433. The molecule has 2 fully saturated rings. The lowest BCUT2D eigenvalue weighted by atomic mass is 9.68. The quantitative estimate of drug-likeness (QED) is 0.584. The number of benzene rings is 2. The van der Waals surface area contributed by atoms with Crippen LogP contribution in [0.1, 0.15) is 81.2 Å². The van der Waals surface area contributed by atoms with E-state index in [4.69, 9.17) is 0 Å². The molecule has 0 amide bonds. The van der Waals surface area contributed by atoms with E-state index in [2.05, 4.69) is 38.1 Å². The first kappa shape index (κ1) is 21.6. The van der Waals surface area contributed by atoms with Crippen LogP contribution in [0.15, 0.2) is 54.6 Å². The molecule has 0 bridgehead atoms. The Morgan fingerprint density at radius 3 is 2.17 bits per heavy atom. The van der Waals surface area contributed by atoms with Crippen LogP contribution in [-0.4, -0.2) is 18.8 Å². The summed E-state index contributed by atoms with van der Waals surface area (Å²) in [7, 11) is -3.38. The molecule has 4 heteroatoms. The normalized spacial score (nSPS) is 32.0. The zero-order valence-electron chi connectivity index (χ0n) is 18.5. The fourth-order valence-electron chi connectivity index (χ4n) is 5.23. The van der Waals surface area contributed by atoms with E-state index < -0.39 is 15.3 Å². The van der Waals surface area contributed by atoms with Crippen LogP contribution in [0, 0.1) is 5.92 Å². The first-order chi connectivity index (χ1) is 14.3. The Balaban J connectivity index is 1.53. The Labute approximate surface area is 182 Å². The summed E-state index contributed by atoms with van der Waals surface area (Å²) < 4.78 is 28.6. The van der Waals surface area contributed by atoms with E-state index in [9.17, 15) is 8.42 Å². The molecule has 1 heterocycles. The van der Waals surface area contributed by atoms with Gasteiger partial charge in [0.1, 0.15) is 5.25 Å². The molecule has 30 heavy (non-hydrogen) atoms. The predicted octanol–water partition coefficient (Wildman–Crippen LogP) is 6.21. The van der Waals surface area contributed by atoms with Gasteiger partial charge in [-0.25, -0.2) is 8.42 Å². The van der Waals surface area contributed by atoms with Gasteiger partial charge in [0.05, 0.1) is 0 Å². The molecule has 0 radical (unpaired) electrons. The monoisotopic (exact) mass is 425 g/mol. The first-order valence-corrected chi connectivity index (χ1v) is 12.9. The van der Waals surface area contributed by atoms with Gasteiger partial charge in [-0.3, -0.25) is 0 Å². The van der Waals surface area contributed by atoms with Crippen LogP contribution < -0.4 is 0 Å². The molecule has 3 nitrogen and oxygen atoms in total. The second-order valence-electron chi connectivity index (χ2n) is 9.86. The minimum atomic E-state index is -3.38. The molecular weight excluding hydrogens is 390 g/mol. The topological polar surface area (TPSA) is 37.4 Å². The molecule has 1 saturated carbocycles. The Kier molecular flexibility index (Phi) is 6.09. The van der Waals surface area contributed by atoms with Crippen LogP contribution in [-0.2, 0) is 22.0 Å². The van der Waals surface area contributed by atoms with E-state index in [1.165, 1.54) is 31.2 Å². The maximum atomic E-state index is 13.5. The predicted molar refractivity (Wildman–Crippen MR) is 124 cm³/mol. The average molecular weight is 426 g/mol. The van der Waals surface area contributed by atoms with Crippen molar-refractivity contribution in [3.63, 3.8) is 0 Å². The molecule has 2 aromatic rings. The van der Waals surface area contributed by atoms with Gasteiger partial charge in [-0.2, -0.15) is 4.31 Å². The summed E-state index contributed by atoms with van der Waals surface area (Å²) in [6.07, 6.45) is 6.66. The van der Waals surface area contributed by atoms with Gasteiger partial charge in [0, 0.05) is 12.6 Å². The molecule has 162 valence electrons. The van der Waals surface area contributed by atoms with Gasteiger partial charge >= 0.3 is 0 Å². The second-order valence-corrected chi connectivity index (χ2v) is 11.9. The van der Waals surface area contributed by atoms with Crippen LogP contribution in [0.5, 0.6) is 0 Å². The van der Waals surface area contributed by atoms with Crippen molar-refractivity contribution in [2.24, 2.45) is 5.92 Å². The van der Waals surface area contributed by atoms with Gasteiger partial charge in [0.15, 0.2) is 0 Å². The Hall–Kier alpha value is -1.65. The molecule has 1 unspecified atom stereocenters. The van der Waals surface area contributed by atoms with Crippen molar-refractivity contribution < 1.29 is 8.42 Å². The second kappa shape index (κ2) is 8.47. The number of rotatable bonds is 4. The third-order valence-electron chi connectivity index (χ3n) is 7.56. The van der Waals surface area contributed by atoms with Crippen LogP contribution in [0.3, 0.4) is 0 Å². The average Bonchev–Trinajstić information content (AvgIpc) is 2.74.